The highest BCUT2D eigenvalue weighted by Crippen LogP contribution is 2.11. The minimum absolute atomic E-state index is 0.351. The van der Waals surface area contributed by atoms with Gasteiger partial charge in [-0.1, -0.05) is 64.7 Å². The molecule has 0 saturated heterocycles. The van der Waals surface area contributed by atoms with Gasteiger partial charge in [-0.05, 0) is 13.3 Å². The monoisotopic (exact) mass is 494 g/mol. The maximum absolute atomic E-state index is 12.4. The topological polar surface area (TPSA) is 200 Å². The number of carbonyl (C=O) groups is 2. The number of aliphatic hydroxyl groups is 7. The summed E-state index contributed by atoms with van der Waals surface area (Å²) in [5.74, 6) is -1.94. The molecule has 2 amide bonds. The Labute approximate surface area is 202 Å². The summed E-state index contributed by atoms with van der Waals surface area (Å²) in [7, 11) is 0. The van der Waals surface area contributed by atoms with E-state index in [0.717, 1.165) is 25.7 Å². The maximum atomic E-state index is 12.4. The van der Waals surface area contributed by atoms with Crippen molar-refractivity contribution in [1.29, 1.82) is 0 Å². The normalized spacial score (nSPS) is 17.8. The largest absolute Gasteiger partial charge is 0.394 e. The van der Waals surface area contributed by atoms with E-state index in [-0.39, 0.29) is 0 Å². The number of unbranched alkanes of at least 4 members (excludes halogenated alkanes) is 9. The Hall–Kier alpha value is -1.34. The van der Waals surface area contributed by atoms with Gasteiger partial charge in [0.15, 0.2) is 6.10 Å². The van der Waals surface area contributed by atoms with E-state index in [4.69, 9.17) is 5.11 Å². The molecule has 0 heterocycles. The Morgan fingerprint density at radius 1 is 0.706 bits per heavy atom. The molecule has 11 nitrogen and oxygen atoms in total. The van der Waals surface area contributed by atoms with Crippen molar-refractivity contribution in [2.45, 2.75) is 121 Å². The van der Waals surface area contributed by atoms with Gasteiger partial charge in [0.25, 0.3) is 5.91 Å². The van der Waals surface area contributed by atoms with E-state index >= 15 is 0 Å². The molecule has 202 valence electrons. The first-order chi connectivity index (χ1) is 16.1. The fraction of sp³-hybridized carbons (Fsp3) is 0.913. The summed E-state index contributed by atoms with van der Waals surface area (Å²) >= 11 is 0. The van der Waals surface area contributed by atoms with E-state index < -0.39 is 61.1 Å². The molecule has 11 heteroatoms. The Kier molecular flexibility index (Phi) is 18.2. The van der Waals surface area contributed by atoms with E-state index in [2.05, 4.69) is 17.6 Å². The second kappa shape index (κ2) is 18.9. The van der Waals surface area contributed by atoms with Gasteiger partial charge in [-0.25, -0.2) is 0 Å². The second-order valence-corrected chi connectivity index (χ2v) is 8.87. The van der Waals surface area contributed by atoms with Gasteiger partial charge >= 0.3 is 0 Å². The first-order valence-electron chi connectivity index (χ1n) is 12.4. The van der Waals surface area contributed by atoms with Crippen LogP contribution >= 0.6 is 0 Å². The van der Waals surface area contributed by atoms with E-state index in [1.54, 1.807) is 0 Å². The molecule has 9 N–H and O–H groups in total. The Balaban J connectivity index is 4.39. The van der Waals surface area contributed by atoms with Gasteiger partial charge in [-0.15, -0.1) is 0 Å². The predicted octanol–water partition coefficient (Wildman–Crippen LogP) is -1.31. The third kappa shape index (κ3) is 12.9. The van der Waals surface area contributed by atoms with Crippen molar-refractivity contribution >= 4 is 11.8 Å². The Morgan fingerprint density at radius 3 is 1.68 bits per heavy atom. The smallest absolute Gasteiger partial charge is 0.252 e. The molecular weight excluding hydrogens is 448 g/mol. The van der Waals surface area contributed by atoms with Crippen LogP contribution in [0.15, 0.2) is 0 Å². The van der Waals surface area contributed by atoms with Gasteiger partial charge in [0.05, 0.1) is 12.7 Å². The first-order valence-corrected chi connectivity index (χ1v) is 12.4. The van der Waals surface area contributed by atoms with Crippen LogP contribution in [0, 0.1) is 0 Å². The number of nitrogens with one attached hydrogen (secondary N) is 2. The quantitative estimate of drug-likeness (QED) is 0.0921. The summed E-state index contributed by atoms with van der Waals surface area (Å²) in [4.78, 5) is 24.6. The molecule has 0 bridgehead atoms. The molecule has 0 aromatic heterocycles. The highest BCUT2D eigenvalue weighted by molar-refractivity contribution is 5.90. The summed E-state index contributed by atoms with van der Waals surface area (Å²) in [5.41, 5.74) is 0. The highest BCUT2D eigenvalue weighted by Gasteiger charge is 2.38. The van der Waals surface area contributed by atoms with Crippen LogP contribution in [0.5, 0.6) is 0 Å². The van der Waals surface area contributed by atoms with Gasteiger partial charge < -0.3 is 46.4 Å². The average Bonchev–Trinajstić information content (AvgIpc) is 2.82. The minimum atomic E-state index is -2.27. The third-order valence-electron chi connectivity index (χ3n) is 5.77. The van der Waals surface area contributed by atoms with Gasteiger partial charge in [0.2, 0.25) is 5.91 Å². The molecule has 0 aliphatic heterocycles. The van der Waals surface area contributed by atoms with Crippen molar-refractivity contribution in [3.63, 3.8) is 0 Å². The lowest BCUT2D eigenvalue weighted by atomic mass is 9.98. The number of rotatable bonds is 20. The van der Waals surface area contributed by atoms with Crippen molar-refractivity contribution in [2.75, 3.05) is 13.2 Å². The van der Waals surface area contributed by atoms with Crippen LogP contribution in [0.1, 0.15) is 78.1 Å². The molecular formula is C23H46N2O9. The molecule has 0 aromatic rings. The van der Waals surface area contributed by atoms with Crippen LogP contribution < -0.4 is 10.6 Å². The zero-order valence-electron chi connectivity index (χ0n) is 20.5. The minimum Gasteiger partial charge on any atom is -0.394 e. The van der Waals surface area contributed by atoms with E-state index in [1.165, 1.54) is 45.4 Å². The molecule has 7 atom stereocenters. The number of carbonyl (C=O) groups excluding carboxylic acids is 2. The van der Waals surface area contributed by atoms with Gasteiger partial charge in [0.1, 0.15) is 30.5 Å². The fourth-order valence-electron chi connectivity index (χ4n) is 3.46. The molecule has 34 heavy (non-hydrogen) atoms. The number of aliphatic hydroxyl groups excluding tert-OH is 7. The van der Waals surface area contributed by atoms with E-state index in [9.17, 15) is 40.2 Å². The van der Waals surface area contributed by atoms with Crippen molar-refractivity contribution < 1.29 is 45.3 Å². The Morgan fingerprint density at radius 2 is 1.21 bits per heavy atom. The molecule has 0 unspecified atom stereocenters. The summed E-state index contributed by atoms with van der Waals surface area (Å²) in [5, 5.41) is 72.0. The molecule has 0 aliphatic rings. The van der Waals surface area contributed by atoms with E-state index in [1.807, 2.05) is 0 Å². The third-order valence-corrected chi connectivity index (χ3v) is 5.77. The SMILES string of the molecule is CCCCCCCCCCCCNC(=O)[C@H](NC(=O)[C@H](O)[C@H](O)[C@@H](O)[C@H](O)[C@H](O)CO)[C@H](C)O. The first kappa shape index (κ1) is 32.7. The van der Waals surface area contributed by atoms with Crippen LogP contribution in [-0.2, 0) is 9.59 Å². The Bertz CT molecular complexity index is 551. The molecule has 0 aliphatic carbocycles. The number of hydrogen-bond acceptors (Lipinski definition) is 9. The number of hydrogen-bond donors (Lipinski definition) is 9. The van der Waals surface area contributed by atoms with Gasteiger partial charge in [-0.3, -0.25) is 9.59 Å². The lowest BCUT2D eigenvalue weighted by Gasteiger charge is -2.29. The summed E-state index contributed by atoms with van der Waals surface area (Å²) in [6.07, 6.45) is -0.404. The maximum Gasteiger partial charge on any atom is 0.252 e. The van der Waals surface area contributed by atoms with Crippen LogP contribution in [-0.4, -0.2) is 103 Å². The van der Waals surface area contributed by atoms with Gasteiger partial charge in [0, 0.05) is 6.54 Å². The second-order valence-electron chi connectivity index (χ2n) is 8.87. The number of amides is 2. The van der Waals surface area contributed by atoms with Gasteiger partial charge in [-0.2, -0.15) is 0 Å². The van der Waals surface area contributed by atoms with Crippen molar-refractivity contribution in [3.8, 4) is 0 Å². The molecule has 0 rings (SSSR count). The molecule has 0 aromatic carbocycles. The highest BCUT2D eigenvalue weighted by atomic mass is 16.4. The lowest BCUT2D eigenvalue weighted by Crippen LogP contribution is -2.59. The summed E-state index contributed by atoms with van der Waals surface area (Å²) < 4.78 is 0. The lowest BCUT2D eigenvalue weighted by molar-refractivity contribution is -0.158. The molecule has 0 fully saturated rings. The van der Waals surface area contributed by atoms with Crippen molar-refractivity contribution in [3.05, 3.63) is 0 Å². The fourth-order valence-corrected chi connectivity index (χ4v) is 3.46. The van der Waals surface area contributed by atoms with Crippen LogP contribution in [0.4, 0.5) is 0 Å². The zero-order valence-corrected chi connectivity index (χ0v) is 20.5. The predicted molar refractivity (Wildman–Crippen MR) is 126 cm³/mol. The molecule has 0 radical (unpaired) electrons. The van der Waals surface area contributed by atoms with E-state index in [0.29, 0.717) is 6.54 Å². The van der Waals surface area contributed by atoms with Crippen LogP contribution in [0.2, 0.25) is 0 Å². The molecule has 0 spiro atoms. The van der Waals surface area contributed by atoms with Crippen LogP contribution in [0.3, 0.4) is 0 Å². The average molecular weight is 495 g/mol. The summed E-state index contributed by atoms with van der Waals surface area (Å²) in [6, 6.07) is -1.41. The van der Waals surface area contributed by atoms with Crippen molar-refractivity contribution in [2.24, 2.45) is 0 Å². The summed E-state index contributed by atoms with van der Waals surface area (Å²) in [6.45, 7) is 2.89. The van der Waals surface area contributed by atoms with Crippen LogP contribution in [0.25, 0.3) is 0 Å². The zero-order chi connectivity index (χ0) is 26.1. The standard InChI is InChI=1S/C23H46N2O9/c1-3-4-5-6-7-8-9-10-11-12-13-24-22(33)17(15(2)27)25-23(34)21(32)20(31)19(30)18(29)16(28)14-26/h15-21,26-32H,3-14H2,1-2H3,(H,24,33)(H,25,34)/t15-,16+,17+,18+,19-,20+,21+/m0/s1. The molecule has 0 saturated carbocycles. The van der Waals surface area contributed by atoms with Crippen molar-refractivity contribution in [1.82, 2.24) is 10.6 Å².